The Hall–Kier alpha value is -4.47. The molecule has 0 aliphatic rings. The Balaban J connectivity index is -0.000000148. The van der Waals surface area contributed by atoms with Crippen LogP contribution in [0, 0.1) is 0 Å². The minimum absolute atomic E-state index is 0. The molecule has 0 aliphatic heterocycles. The number of aliphatic carboxylic acids is 12. The zero-order valence-corrected chi connectivity index (χ0v) is 38.1. The summed E-state index contributed by atoms with van der Waals surface area (Å²) in [4.78, 5) is 130. The fourth-order valence-electron chi connectivity index (χ4n) is 4.32. The van der Waals surface area contributed by atoms with Crippen molar-refractivity contribution in [2.24, 2.45) is 0 Å². The van der Waals surface area contributed by atoms with Crippen LogP contribution < -0.4 is 61.3 Å². The SMILES string of the molecule is O=C([O-])CN(CCN(CC(=O)[O-])CC(=O)[O-])CC(=O)[O-].O=C([O-])CN(CCN(CC(=O)[O-])CC(=O)[O-])CC(=O)[O-].O=C([O-])CN(CCN(CC(=O)[O-])CC(=O)[O-])CC(=O)[O-].[Al+3].[Al+3].[Al+3].[Al+3]. The van der Waals surface area contributed by atoms with Crippen molar-refractivity contribution >= 4 is 141 Å². The Morgan fingerprint density at radius 2 is 0.250 bits per heavy atom. The standard InChI is InChI=1S/3C10H16N2O8.4Al/c3*13-7(14)3-11(4-8(15)16)1-2-12(5-9(17)18)6-10(19)20;;;;/h3*1-6H2,(H,13,14)(H,15,16)(H,17,18)(H,19,20);;;;/q;;;4*+3/p-12. The first-order valence-corrected chi connectivity index (χ1v) is 16.3. The molecule has 0 spiro atoms. The van der Waals surface area contributed by atoms with Crippen LogP contribution in [0.3, 0.4) is 0 Å². The molecule has 0 radical (unpaired) electrons. The molecule has 64 heavy (non-hydrogen) atoms. The second kappa shape index (κ2) is 42.5. The Kier molecular flexibility index (Phi) is 49.1. The van der Waals surface area contributed by atoms with E-state index in [1.54, 1.807) is 0 Å². The zero-order valence-electron chi connectivity index (χ0n) is 33.5. The summed E-state index contributed by atoms with van der Waals surface area (Å²) in [6.45, 7) is -9.75. The van der Waals surface area contributed by atoms with E-state index in [-0.39, 0.29) is 109 Å². The summed E-state index contributed by atoms with van der Waals surface area (Å²) in [7, 11) is 0. The van der Waals surface area contributed by atoms with Gasteiger partial charge in [0.05, 0.1) is 71.6 Å². The molecular weight excluding hydrogens is 936 g/mol. The van der Waals surface area contributed by atoms with Crippen LogP contribution in [0.1, 0.15) is 0 Å². The first-order chi connectivity index (χ1) is 27.6. The molecule has 342 valence electrons. The molecule has 30 nitrogen and oxygen atoms in total. The molecule has 0 fully saturated rings. The van der Waals surface area contributed by atoms with Crippen molar-refractivity contribution in [1.29, 1.82) is 0 Å². The Bertz CT molecular complexity index is 1140. The fourth-order valence-corrected chi connectivity index (χ4v) is 4.32. The van der Waals surface area contributed by atoms with E-state index in [4.69, 9.17) is 0 Å². The van der Waals surface area contributed by atoms with E-state index in [1.165, 1.54) is 0 Å². The predicted molar refractivity (Wildman–Crippen MR) is 182 cm³/mol. The maximum atomic E-state index is 10.4. The topological polar surface area (TPSA) is 501 Å². The van der Waals surface area contributed by atoms with Crippen molar-refractivity contribution in [2.75, 3.05) is 118 Å². The van der Waals surface area contributed by atoms with E-state index in [1.807, 2.05) is 0 Å². The van der Waals surface area contributed by atoms with Gasteiger partial charge in [0.25, 0.3) is 0 Å². The van der Waals surface area contributed by atoms with Gasteiger partial charge in [-0.15, -0.1) is 0 Å². The summed E-state index contributed by atoms with van der Waals surface area (Å²) in [6, 6.07) is 0. The van der Waals surface area contributed by atoms with Crippen LogP contribution in [0.4, 0.5) is 0 Å². The van der Waals surface area contributed by atoms with Crippen LogP contribution in [0.15, 0.2) is 0 Å². The van der Waals surface area contributed by atoms with Crippen molar-refractivity contribution in [3.05, 3.63) is 0 Å². The summed E-state index contributed by atoms with van der Waals surface area (Å²) in [5, 5.41) is 125. The molecule has 0 aromatic carbocycles. The third kappa shape index (κ3) is 53.7. The molecule has 0 saturated heterocycles. The van der Waals surface area contributed by atoms with Gasteiger partial charge in [-0.1, -0.05) is 0 Å². The third-order valence-electron chi connectivity index (χ3n) is 6.43. The number of hydrogen-bond donors (Lipinski definition) is 0. The molecule has 0 heterocycles. The summed E-state index contributed by atoms with van der Waals surface area (Å²) in [6.07, 6.45) is 0. The zero-order chi connectivity index (χ0) is 47.1. The summed E-state index contributed by atoms with van der Waals surface area (Å²) in [5.41, 5.74) is 0. The van der Waals surface area contributed by atoms with Gasteiger partial charge in [-0.3, -0.25) is 29.4 Å². The van der Waals surface area contributed by atoms with Crippen LogP contribution in [0.5, 0.6) is 0 Å². The second-order valence-electron chi connectivity index (χ2n) is 11.7. The van der Waals surface area contributed by atoms with Crippen LogP contribution in [-0.2, 0) is 57.5 Å². The van der Waals surface area contributed by atoms with Crippen LogP contribution in [-0.4, -0.2) is 288 Å². The maximum Gasteiger partial charge on any atom is 3.00 e. The van der Waals surface area contributed by atoms with Crippen molar-refractivity contribution in [1.82, 2.24) is 29.4 Å². The van der Waals surface area contributed by atoms with Crippen molar-refractivity contribution in [3.63, 3.8) is 0 Å². The van der Waals surface area contributed by atoms with Gasteiger partial charge in [0.1, 0.15) is 0 Å². The van der Waals surface area contributed by atoms with E-state index in [0.29, 0.717) is 0 Å². The minimum atomic E-state index is -1.53. The summed E-state index contributed by atoms with van der Waals surface area (Å²) < 4.78 is 0. The fraction of sp³-hybridized carbons (Fsp3) is 0.600. The largest absolute Gasteiger partial charge is 3.00 e. The molecule has 0 rings (SSSR count). The maximum absolute atomic E-state index is 10.4. The van der Waals surface area contributed by atoms with Crippen LogP contribution >= 0.6 is 0 Å². The molecule has 34 heteroatoms. The average Bonchev–Trinajstić information content (AvgIpc) is 3.02. The number of rotatable bonds is 33. The van der Waals surface area contributed by atoms with Gasteiger partial charge in [0.2, 0.25) is 0 Å². The molecule has 0 unspecified atom stereocenters. The van der Waals surface area contributed by atoms with Gasteiger partial charge in [-0.25, -0.2) is 0 Å². The molecule has 0 saturated carbocycles. The van der Waals surface area contributed by atoms with E-state index < -0.39 is 150 Å². The van der Waals surface area contributed by atoms with Crippen LogP contribution in [0.25, 0.3) is 0 Å². The number of carbonyl (C=O) groups is 12. The van der Waals surface area contributed by atoms with Gasteiger partial charge in [0, 0.05) is 118 Å². The summed E-state index contributed by atoms with van der Waals surface area (Å²) >= 11 is 0. The van der Waals surface area contributed by atoms with E-state index in [9.17, 15) is 119 Å². The quantitative estimate of drug-likeness (QED) is 0.0551. The smallest absolute Gasteiger partial charge is 0.549 e. The number of carboxylic acids is 12. The monoisotopic (exact) mass is 972 g/mol. The van der Waals surface area contributed by atoms with E-state index in [2.05, 4.69) is 0 Å². The summed E-state index contributed by atoms with van der Waals surface area (Å²) in [5.74, 6) is -18.4. The molecule has 0 aromatic heterocycles. The van der Waals surface area contributed by atoms with Gasteiger partial charge >= 0.3 is 69.4 Å². The van der Waals surface area contributed by atoms with Crippen molar-refractivity contribution in [3.8, 4) is 0 Å². The number of hydrogen-bond acceptors (Lipinski definition) is 30. The minimum Gasteiger partial charge on any atom is -0.549 e. The van der Waals surface area contributed by atoms with Gasteiger partial charge in [0.15, 0.2) is 0 Å². The predicted octanol–water partition coefficient (Wildman–Crippen LogP) is -23.8. The average molecular weight is 973 g/mol. The van der Waals surface area contributed by atoms with Gasteiger partial charge in [-0.05, 0) is 0 Å². The van der Waals surface area contributed by atoms with Crippen LogP contribution in [0.2, 0.25) is 0 Å². The van der Waals surface area contributed by atoms with Crippen molar-refractivity contribution < 1.29 is 119 Å². The third-order valence-corrected chi connectivity index (χ3v) is 6.43. The number of carbonyl (C=O) groups excluding carboxylic acids is 12. The Morgan fingerprint density at radius 3 is 0.297 bits per heavy atom. The van der Waals surface area contributed by atoms with Gasteiger partial charge in [-0.2, -0.15) is 0 Å². The molecule has 0 aromatic rings. The molecular formula is C30H36Al4N6O24. The Morgan fingerprint density at radius 1 is 0.188 bits per heavy atom. The molecule has 0 N–H and O–H groups in total. The normalized spacial score (nSPS) is 10.0. The Labute approximate surface area is 405 Å². The molecule has 0 bridgehead atoms. The van der Waals surface area contributed by atoms with E-state index in [0.717, 1.165) is 29.4 Å². The number of carboxylic acid groups (broad SMARTS) is 12. The van der Waals surface area contributed by atoms with E-state index >= 15 is 0 Å². The molecule has 0 atom stereocenters. The first kappa shape index (κ1) is 73.9. The molecule has 0 amide bonds. The first-order valence-electron chi connectivity index (χ1n) is 16.3. The van der Waals surface area contributed by atoms with Crippen molar-refractivity contribution in [2.45, 2.75) is 0 Å². The molecule has 0 aliphatic carbocycles. The number of nitrogens with zero attached hydrogens (tertiary/aromatic N) is 6. The van der Waals surface area contributed by atoms with Gasteiger partial charge < -0.3 is 119 Å². The second-order valence-corrected chi connectivity index (χ2v) is 11.7.